The van der Waals surface area contributed by atoms with E-state index in [0.29, 0.717) is 25.3 Å². The van der Waals surface area contributed by atoms with Crippen LogP contribution in [0.3, 0.4) is 0 Å². The van der Waals surface area contributed by atoms with E-state index in [9.17, 15) is 4.79 Å². The first-order valence-electron chi connectivity index (χ1n) is 9.95. The second-order valence-corrected chi connectivity index (χ2v) is 7.46. The predicted octanol–water partition coefficient (Wildman–Crippen LogP) is 4.15. The third kappa shape index (κ3) is 3.73. The minimum atomic E-state index is -0.0160. The van der Waals surface area contributed by atoms with Gasteiger partial charge in [-0.15, -0.1) is 0 Å². The molecule has 4 rings (SSSR count). The summed E-state index contributed by atoms with van der Waals surface area (Å²) in [6.45, 7) is 5.58. The molecule has 6 heteroatoms. The van der Waals surface area contributed by atoms with Crippen molar-refractivity contribution in [2.45, 2.75) is 20.4 Å². The summed E-state index contributed by atoms with van der Waals surface area (Å²) >= 11 is 0. The molecule has 2 aromatic carbocycles. The Kier molecular flexibility index (Phi) is 5.40. The van der Waals surface area contributed by atoms with E-state index in [4.69, 9.17) is 14.2 Å². The summed E-state index contributed by atoms with van der Waals surface area (Å²) in [7, 11) is 3.47. The molecule has 0 saturated carbocycles. The number of benzene rings is 2. The molecule has 0 atom stereocenters. The summed E-state index contributed by atoms with van der Waals surface area (Å²) in [5, 5.41) is 0. The number of fused-ring (bicyclic) bond motifs is 1. The smallest absolute Gasteiger partial charge is 0.255 e. The number of carbonyl (C=O) groups excluding carboxylic acids is 1. The molecule has 1 aliphatic rings. The number of nitrogens with zero attached hydrogens (tertiary/aromatic N) is 2. The van der Waals surface area contributed by atoms with E-state index < -0.39 is 0 Å². The number of carbonyl (C=O) groups is 1. The lowest BCUT2D eigenvalue weighted by Crippen LogP contribution is -2.26. The Bertz CT molecular complexity index is 1070. The van der Waals surface area contributed by atoms with Crippen molar-refractivity contribution in [3.8, 4) is 22.9 Å². The number of aryl methyl sites for hydroxylation is 1. The van der Waals surface area contributed by atoms with Crippen LogP contribution >= 0.6 is 0 Å². The first kappa shape index (κ1) is 19.9. The van der Waals surface area contributed by atoms with E-state index in [1.807, 2.05) is 69.4 Å². The fourth-order valence-electron chi connectivity index (χ4n) is 3.85. The monoisotopic (exact) mass is 406 g/mol. The van der Waals surface area contributed by atoms with Crippen LogP contribution in [0.4, 0.5) is 0 Å². The highest BCUT2D eigenvalue weighted by Crippen LogP contribution is 2.31. The molecule has 1 aliphatic heterocycles. The highest BCUT2D eigenvalue weighted by Gasteiger charge is 2.21. The highest BCUT2D eigenvalue weighted by atomic mass is 16.6. The van der Waals surface area contributed by atoms with Crippen LogP contribution in [0.5, 0.6) is 17.2 Å². The van der Waals surface area contributed by atoms with Gasteiger partial charge in [0.05, 0.1) is 12.7 Å². The standard InChI is InChI=1S/C24H26N2O4/c1-16-13-21(17(2)26(16)19-6-8-20(28-4)9-7-19)24(27)25(3)15-18-5-10-22-23(14-18)30-12-11-29-22/h5-10,13-14H,11-12,15H2,1-4H3. The van der Waals surface area contributed by atoms with E-state index >= 15 is 0 Å². The Balaban J connectivity index is 1.55. The summed E-state index contributed by atoms with van der Waals surface area (Å²) in [5.74, 6) is 2.27. The minimum absolute atomic E-state index is 0.0160. The molecule has 0 spiro atoms. The van der Waals surface area contributed by atoms with Crippen LogP contribution in [-0.2, 0) is 6.54 Å². The largest absolute Gasteiger partial charge is 0.497 e. The van der Waals surface area contributed by atoms with Crippen molar-refractivity contribution in [3.63, 3.8) is 0 Å². The van der Waals surface area contributed by atoms with Crippen LogP contribution in [0.2, 0.25) is 0 Å². The quantitative estimate of drug-likeness (QED) is 0.639. The maximum atomic E-state index is 13.2. The Labute approximate surface area is 176 Å². The number of aromatic nitrogens is 1. The fraction of sp³-hybridized carbons (Fsp3) is 0.292. The van der Waals surface area contributed by atoms with Gasteiger partial charge in [0, 0.05) is 30.7 Å². The van der Waals surface area contributed by atoms with E-state index in [-0.39, 0.29) is 5.91 Å². The van der Waals surface area contributed by atoms with Crippen molar-refractivity contribution < 1.29 is 19.0 Å². The summed E-state index contributed by atoms with van der Waals surface area (Å²) in [5.41, 5.74) is 4.62. The number of amides is 1. The van der Waals surface area contributed by atoms with Crippen LogP contribution < -0.4 is 14.2 Å². The van der Waals surface area contributed by atoms with E-state index in [0.717, 1.165) is 39.9 Å². The van der Waals surface area contributed by atoms with Crippen LogP contribution in [-0.4, -0.2) is 42.7 Å². The molecule has 6 nitrogen and oxygen atoms in total. The molecule has 156 valence electrons. The van der Waals surface area contributed by atoms with E-state index in [1.165, 1.54) is 0 Å². The first-order chi connectivity index (χ1) is 14.5. The summed E-state index contributed by atoms with van der Waals surface area (Å²) in [6.07, 6.45) is 0. The van der Waals surface area contributed by atoms with Crippen LogP contribution in [0.15, 0.2) is 48.5 Å². The molecule has 0 fully saturated rings. The average molecular weight is 406 g/mol. The summed E-state index contributed by atoms with van der Waals surface area (Å²) in [6, 6.07) is 15.6. The molecule has 0 bridgehead atoms. The number of hydrogen-bond donors (Lipinski definition) is 0. The normalized spacial score (nSPS) is 12.5. The lowest BCUT2D eigenvalue weighted by molar-refractivity contribution is 0.0784. The molecule has 0 unspecified atom stereocenters. The molecule has 30 heavy (non-hydrogen) atoms. The molecular weight excluding hydrogens is 380 g/mol. The molecule has 0 saturated heterocycles. The zero-order valence-electron chi connectivity index (χ0n) is 17.8. The van der Waals surface area contributed by atoms with Gasteiger partial charge < -0.3 is 23.7 Å². The van der Waals surface area contributed by atoms with Gasteiger partial charge in [-0.1, -0.05) is 6.07 Å². The Hall–Kier alpha value is -3.41. The van der Waals surface area contributed by atoms with Gasteiger partial charge in [0.2, 0.25) is 0 Å². The molecule has 1 amide bonds. The van der Waals surface area contributed by atoms with Crippen molar-refractivity contribution in [2.75, 3.05) is 27.4 Å². The predicted molar refractivity (Wildman–Crippen MR) is 115 cm³/mol. The fourth-order valence-corrected chi connectivity index (χ4v) is 3.85. The number of hydrogen-bond acceptors (Lipinski definition) is 4. The molecule has 0 radical (unpaired) electrons. The van der Waals surface area contributed by atoms with Gasteiger partial charge >= 0.3 is 0 Å². The van der Waals surface area contributed by atoms with E-state index in [1.54, 1.807) is 12.0 Å². The Morgan fingerprint density at radius 2 is 1.73 bits per heavy atom. The van der Waals surface area contributed by atoms with Gasteiger partial charge in [-0.25, -0.2) is 0 Å². The lowest BCUT2D eigenvalue weighted by atomic mass is 10.1. The first-order valence-corrected chi connectivity index (χ1v) is 9.95. The second-order valence-electron chi connectivity index (χ2n) is 7.46. The highest BCUT2D eigenvalue weighted by molar-refractivity contribution is 5.95. The average Bonchev–Trinajstić information content (AvgIpc) is 3.07. The molecule has 0 N–H and O–H groups in total. The maximum Gasteiger partial charge on any atom is 0.255 e. The van der Waals surface area contributed by atoms with Crippen LogP contribution in [0.25, 0.3) is 5.69 Å². The topological polar surface area (TPSA) is 52.9 Å². The Morgan fingerprint density at radius 3 is 2.43 bits per heavy atom. The van der Waals surface area contributed by atoms with Gasteiger partial charge in [0.1, 0.15) is 19.0 Å². The number of rotatable bonds is 5. The third-order valence-corrected chi connectivity index (χ3v) is 5.37. The number of ether oxygens (including phenoxy) is 3. The minimum Gasteiger partial charge on any atom is -0.497 e. The third-order valence-electron chi connectivity index (χ3n) is 5.37. The van der Waals surface area contributed by atoms with Crippen molar-refractivity contribution >= 4 is 5.91 Å². The Morgan fingerprint density at radius 1 is 1.03 bits per heavy atom. The van der Waals surface area contributed by atoms with Gasteiger partial charge in [-0.05, 0) is 61.9 Å². The maximum absolute atomic E-state index is 13.2. The van der Waals surface area contributed by atoms with E-state index in [2.05, 4.69) is 4.57 Å². The van der Waals surface area contributed by atoms with Gasteiger partial charge in [-0.3, -0.25) is 4.79 Å². The molecule has 0 aliphatic carbocycles. The molecule has 3 aromatic rings. The lowest BCUT2D eigenvalue weighted by Gasteiger charge is -2.21. The second kappa shape index (κ2) is 8.14. The van der Waals surface area contributed by atoms with Crippen molar-refractivity contribution in [1.82, 2.24) is 9.47 Å². The molecule has 1 aromatic heterocycles. The van der Waals surface area contributed by atoms with Gasteiger partial charge in [-0.2, -0.15) is 0 Å². The SMILES string of the molecule is COc1ccc(-n2c(C)cc(C(=O)N(C)Cc3ccc4c(c3)OCCO4)c2C)cc1. The number of methoxy groups -OCH3 is 1. The summed E-state index contributed by atoms with van der Waals surface area (Å²) in [4.78, 5) is 14.9. The van der Waals surface area contributed by atoms with Gasteiger partial charge in [0.15, 0.2) is 11.5 Å². The van der Waals surface area contributed by atoms with Crippen molar-refractivity contribution in [1.29, 1.82) is 0 Å². The molecule has 2 heterocycles. The molecular formula is C24H26N2O4. The van der Waals surface area contributed by atoms with Crippen LogP contribution in [0.1, 0.15) is 27.3 Å². The van der Waals surface area contributed by atoms with Crippen LogP contribution in [0, 0.1) is 13.8 Å². The zero-order valence-corrected chi connectivity index (χ0v) is 17.8. The van der Waals surface area contributed by atoms with Crippen molar-refractivity contribution in [2.24, 2.45) is 0 Å². The van der Waals surface area contributed by atoms with Gasteiger partial charge in [0.25, 0.3) is 5.91 Å². The summed E-state index contributed by atoms with van der Waals surface area (Å²) < 4.78 is 18.6. The van der Waals surface area contributed by atoms with Crippen molar-refractivity contribution in [3.05, 3.63) is 71.0 Å². The zero-order chi connectivity index (χ0) is 21.3.